The first-order valence-corrected chi connectivity index (χ1v) is 17.3. The van der Waals surface area contributed by atoms with Crippen LogP contribution in [0.15, 0.2) is 162 Å². The van der Waals surface area contributed by atoms with E-state index in [1.807, 2.05) is 36.4 Å². The molecule has 0 N–H and O–H groups in total. The predicted molar refractivity (Wildman–Crippen MR) is 202 cm³/mol. The van der Waals surface area contributed by atoms with Crippen LogP contribution in [0.4, 0.5) is 17.1 Å². The van der Waals surface area contributed by atoms with Crippen molar-refractivity contribution in [2.24, 2.45) is 0 Å². The Balaban J connectivity index is 1.13. The molecule has 2 aliphatic carbocycles. The summed E-state index contributed by atoms with van der Waals surface area (Å²) in [4.78, 5) is 4.64. The van der Waals surface area contributed by atoms with Crippen molar-refractivity contribution >= 4 is 17.1 Å². The molecule has 0 amide bonds. The number of fused-ring (bicyclic) bond motifs is 6. The van der Waals surface area contributed by atoms with Crippen LogP contribution in [0.25, 0.3) is 22.3 Å². The first-order chi connectivity index (χ1) is 25.2. The minimum absolute atomic E-state index is 0.0220. The third-order valence-corrected chi connectivity index (χ3v) is 10.7. The van der Waals surface area contributed by atoms with Crippen LogP contribution in [-0.4, -0.2) is 6.04 Å². The summed E-state index contributed by atoms with van der Waals surface area (Å²) in [5, 5.41) is 30.8. The molecule has 5 aromatic carbocycles. The quantitative estimate of drug-likeness (QED) is 0.193. The molecule has 0 bridgehead atoms. The summed E-state index contributed by atoms with van der Waals surface area (Å²) in [6.45, 7) is 0.727. The van der Waals surface area contributed by atoms with Gasteiger partial charge in [0, 0.05) is 52.1 Å². The summed E-state index contributed by atoms with van der Waals surface area (Å²) in [7, 11) is 0. The van der Waals surface area contributed by atoms with Crippen LogP contribution < -0.4 is 9.80 Å². The topological polar surface area (TPSA) is 77.8 Å². The summed E-state index contributed by atoms with van der Waals surface area (Å²) in [5.74, 6) is -0.161. The molecule has 240 valence electrons. The van der Waals surface area contributed by atoms with Gasteiger partial charge in [-0.25, -0.2) is 0 Å². The third-order valence-electron chi connectivity index (χ3n) is 10.7. The normalized spacial score (nSPS) is 19.5. The monoisotopic (exact) mass is 653 g/mol. The van der Waals surface area contributed by atoms with Crippen molar-refractivity contribution in [1.29, 1.82) is 15.8 Å². The Morgan fingerprint density at radius 2 is 1.25 bits per heavy atom. The maximum absolute atomic E-state index is 10.7. The molecule has 5 heteroatoms. The van der Waals surface area contributed by atoms with Gasteiger partial charge in [0.1, 0.15) is 0 Å². The molecule has 3 unspecified atom stereocenters. The Morgan fingerprint density at radius 1 is 0.588 bits per heavy atom. The Hall–Kier alpha value is -6.87. The van der Waals surface area contributed by atoms with E-state index in [4.69, 9.17) is 0 Å². The van der Waals surface area contributed by atoms with E-state index in [-0.39, 0.29) is 17.9 Å². The van der Waals surface area contributed by atoms with Crippen molar-refractivity contribution in [2.45, 2.75) is 30.8 Å². The third kappa shape index (κ3) is 4.81. The van der Waals surface area contributed by atoms with E-state index in [1.54, 1.807) is 0 Å². The lowest BCUT2D eigenvalue weighted by Gasteiger charge is -2.35. The first-order valence-electron chi connectivity index (χ1n) is 17.3. The molecule has 5 nitrogen and oxygen atoms in total. The highest BCUT2D eigenvalue weighted by atomic mass is 15.2. The second kappa shape index (κ2) is 12.2. The van der Waals surface area contributed by atoms with Gasteiger partial charge in [0.15, 0.2) is 0 Å². The van der Waals surface area contributed by atoms with Gasteiger partial charge in [-0.1, -0.05) is 109 Å². The lowest BCUT2D eigenvalue weighted by molar-refractivity contribution is 0.712. The molecule has 3 atom stereocenters. The van der Waals surface area contributed by atoms with Crippen LogP contribution in [0.5, 0.6) is 0 Å². The SMILES string of the molecule is N#CC1=CC2c3ccccc3N(C3=C(C#N)CC(c4c(C#N)cccc4-c4ccccc4N4Cc5ccccc5-c5ccccc54)C=C3)C2C=C1. The molecule has 4 aliphatic rings. The smallest absolute Gasteiger partial charge is 0.0994 e. The second-order valence-electron chi connectivity index (χ2n) is 13.3. The minimum atomic E-state index is -0.183. The Kier molecular flexibility index (Phi) is 7.24. The summed E-state index contributed by atoms with van der Waals surface area (Å²) in [6.07, 6.45) is 10.7. The highest BCUT2D eigenvalue weighted by Crippen LogP contribution is 2.50. The number of nitriles is 3. The fourth-order valence-corrected chi connectivity index (χ4v) is 8.49. The number of nitrogens with zero attached hydrogens (tertiary/aromatic N) is 5. The zero-order valence-electron chi connectivity index (χ0n) is 27.7. The van der Waals surface area contributed by atoms with Crippen molar-refractivity contribution in [3.8, 4) is 40.5 Å². The van der Waals surface area contributed by atoms with E-state index < -0.39 is 0 Å². The van der Waals surface area contributed by atoms with E-state index in [0.29, 0.717) is 23.1 Å². The number of benzene rings is 5. The summed E-state index contributed by atoms with van der Waals surface area (Å²) < 4.78 is 0. The van der Waals surface area contributed by atoms with Crippen molar-refractivity contribution < 1.29 is 0 Å². The lowest BCUT2D eigenvalue weighted by atomic mass is 9.80. The number of anilines is 3. The van der Waals surface area contributed by atoms with Crippen molar-refractivity contribution in [3.63, 3.8) is 0 Å². The lowest BCUT2D eigenvalue weighted by Crippen LogP contribution is -2.33. The van der Waals surface area contributed by atoms with Crippen molar-refractivity contribution in [3.05, 3.63) is 185 Å². The van der Waals surface area contributed by atoms with Gasteiger partial charge in [-0.05, 0) is 70.7 Å². The maximum Gasteiger partial charge on any atom is 0.0994 e. The molecule has 9 rings (SSSR count). The zero-order chi connectivity index (χ0) is 34.5. The highest BCUT2D eigenvalue weighted by Gasteiger charge is 2.40. The average molecular weight is 654 g/mol. The fraction of sp³-hybridized carbons (Fsp3) is 0.109. The molecule has 2 heterocycles. The molecule has 0 saturated carbocycles. The largest absolute Gasteiger partial charge is 0.336 e. The number of allylic oxidation sites excluding steroid dienone is 5. The number of para-hydroxylation sites is 3. The van der Waals surface area contributed by atoms with Gasteiger partial charge in [-0.3, -0.25) is 0 Å². The summed E-state index contributed by atoms with van der Waals surface area (Å²) in [5.41, 5.74) is 13.9. The Bertz CT molecular complexity index is 2510. The van der Waals surface area contributed by atoms with Crippen LogP contribution in [0, 0.1) is 34.0 Å². The first kappa shape index (κ1) is 30.2. The van der Waals surface area contributed by atoms with Crippen LogP contribution in [0.3, 0.4) is 0 Å². The van der Waals surface area contributed by atoms with E-state index in [2.05, 4.69) is 137 Å². The van der Waals surface area contributed by atoms with Crippen molar-refractivity contribution in [2.75, 3.05) is 9.80 Å². The molecule has 51 heavy (non-hydrogen) atoms. The molecule has 0 saturated heterocycles. The molecular formula is C46H31N5. The number of hydrogen-bond acceptors (Lipinski definition) is 5. The Labute approximate surface area is 297 Å². The molecular weight excluding hydrogens is 623 g/mol. The number of hydrogen-bond donors (Lipinski definition) is 0. The number of rotatable bonds is 4. The molecule has 5 aromatic rings. The van der Waals surface area contributed by atoms with Gasteiger partial charge in [0.05, 0.1) is 41.1 Å². The molecule has 0 aromatic heterocycles. The fourth-order valence-electron chi connectivity index (χ4n) is 8.49. The van der Waals surface area contributed by atoms with Gasteiger partial charge < -0.3 is 9.80 Å². The molecule has 0 radical (unpaired) electrons. The molecule has 2 aliphatic heterocycles. The summed E-state index contributed by atoms with van der Waals surface area (Å²) in [6, 6.07) is 47.2. The highest BCUT2D eigenvalue weighted by molar-refractivity contribution is 5.92. The van der Waals surface area contributed by atoms with Gasteiger partial charge in [-0.15, -0.1) is 0 Å². The van der Waals surface area contributed by atoms with E-state index in [1.165, 1.54) is 16.7 Å². The van der Waals surface area contributed by atoms with Gasteiger partial charge in [0.2, 0.25) is 0 Å². The van der Waals surface area contributed by atoms with Gasteiger partial charge in [-0.2, -0.15) is 15.8 Å². The molecule has 0 fully saturated rings. The van der Waals surface area contributed by atoms with Crippen molar-refractivity contribution in [1.82, 2.24) is 0 Å². The standard InChI is InChI=1S/C46H31N5/c47-26-30-20-22-45-40(24-30)38-15-5-8-19-44(38)51(45)41-23-21-31(25-34(41)28-49)46-32(27-48)11-9-16-39(46)37-14-4-7-18-43(37)50-29-33-10-1-2-12-35(33)36-13-3-6-17-42(36)50/h1-24,31,40,45H,25,29H2. The summed E-state index contributed by atoms with van der Waals surface area (Å²) >= 11 is 0. The average Bonchev–Trinajstić information content (AvgIpc) is 3.53. The minimum Gasteiger partial charge on any atom is -0.336 e. The van der Waals surface area contributed by atoms with Gasteiger partial charge in [0.25, 0.3) is 0 Å². The zero-order valence-corrected chi connectivity index (χ0v) is 27.7. The second-order valence-corrected chi connectivity index (χ2v) is 13.3. The van der Waals surface area contributed by atoms with Crippen LogP contribution >= 0.6 is 0 Å². The molecule has 0 spiro atoms. The van der Waals surface area contributed by atoms with E-state index in [0.717, 1.165) is 51.6 Å². The Morgan fingerprint density at radius 3 is 2.00 bits per heavy atom. The van der Waals surface area contributed by atoms with Crippen LogP contribution in [-0.2, 0) is 6.54 Å². The van der Waals surface area contributed by atoms with Gasteiger partial charge >= 0.3 is 0 Å². The van der Waals surface area contributed by atoms with E-state index >= 15 is 0 Å². The predicted octanol–water partition coefficient (Wildman–Crippen LogP) is 10.4. The van der Waals surface area contributed by atoms with Crippen LogP contribution in [0.1, 0.15) is 40.5 Å². The van der Waals surface area contributed by atoms with Crippen LogP contribution in [0.2, 0.25) is 0 Å². The maximum atomic E-state index is 10.7. The van der Waals surface area contributed by atoms with E-state index in [9.17, 15) is 15.8 Å².